The number of hydroxylamine groups is 1. The monoisotopic (exact) mass is 397 g/mol. The zero-order valence-corrected chi connectivity index (χ0v) is 15.4. The number of halogens is 1. The number of carbonyl (C=O) groups excluding carboxylic acids is 1. The molecule has 8 heteroatoms. The number of carbonyl (C=O) groups is 1. The van der Waals surface area contributed by atoms with E-state index in [9.17, 15) is 4.79 Å². The normalized spacial score (nSPS) is 20.8. The van der Waals surface area contributed by atoms with E-state index in [1.807, 2.05) is 45.0 Å². The molecule has 0 saturated carbocycles. The van der Waals surface area contributed by atoms with Crippen LogP contribution in [-0.2, 0) is 14.6 Å². The molecule has 1 unspecified atom stereocenters. The van der Waals surface area contributed by atoms with Crippen molar-refractivity contribution < 1.29 is 19.4 Å². The maximum Gasteiger partial charge on any atom is 0.410 e. The van der Waals surface area contributed by atoms with Crippen molar-refractivity contribution in [3.8, 4) is 0 Å². The highest BCUT2D eigenvalue weighted by molar-refractivity contribution is 9.10. The van der Waals surface area contributed by atoms with Crippen LogP contribution in [0, 0.1) is 0 Å². The largest absolute Gasteiger partial charge is 0.444 e. The number of ether oxygens (including phenoxy) is 1. The zero-order chi connectivity index (χ0) is 17.3. The minimum atomic E-state index is -0.505. The molecule has 0 aliphatic carbocycles. The molecule has 1 saturated heterocycles. The van der Waals surface area contributed by atoms with Gasteiger partial charge >= 0.3 is 6.09 Å². The van der Waals surface area contributed by atoms with Crippen LogP contribution in [0.15, 0.2) is 33.8 Å². The summed E-state index contributed by atoms with van der Waals surface area (Å²) in [5, 5.41) is 5.77. The molecule has 24 heavy (non-hydrogen) atoms. The first kappa shape index (κ1) is 17.0. The molecule has 2 heterocycles. The lowest BCUT2D eigenvalue weighted by atomic mass is 10.2. The van der Waals surface area contributed by atoms with E-state index in [1.54, 1.807) is 4.90 Å². The maximum absolute atomic E-state index is 12.1. The van der Waals surface area contributed by atoms with E-state index >= 15 is 0 Å². The van der Waals surface area contributed by atoms with Gasteiger partial charge in [-0.3, -0.25) is 4.89 Å². The topological polar surface area (TPSA) is 63.6 Å². The minimum absolute atomic E-state index is 0.0644. The van der Waals surface area contributed by atoms with Crippen molar-refractivity contribution in [1.29, 1.82) is 0 Å². The molecule has 2 aliphatic rings. The molecule has 0 bridgehead atoms. The van der Waals surface area contributed by atoms with Crippen LogP contribution < -0.4 is 0 Å². The standard InChI is InChI=1S/C16H20BrN3O4/c1-16(2,3)22-15(21)19-9-8-13(10-19)20-18-14(23-24-20)11-4-6-12(17)7-5-11/h4-7,13H,8-10H2,1-3H3. The molecule has 1 aromatic carbocycles. The third kappa shape index (κ3) is 3.99. The van der Waals surface area contributed by atoms with Gasteiger partial charge in [-0.1, -0.05) is 15.9 Å². The van der Waals surface area contributed by atoms with Gasteiger partial charge in [-0.15, -0.1) is 10.3 Å². The molecular formula is C16H20BrN3O4. The Balaban J connectivity index is 1.60. The van der Waals surface area contributed by atoms with Crippen LogP contribution >= 0.6 is 15.9 Å². The second kappa shape index (κ2) is 6.60. The van der Waals surface area contributed by atoms with E-state index in [2.05, 4.69) is 21.0 Å². The Hall–Kier alpha value is -1.80. The summed E-state index contributed by atoms with van der Waals surface area (Å²) in [6.07, 6.45) is 0.418. The Morgan fingerprint density at radius 3 is 2.71 bits per heavy atom. The van der Waals surface area contributed by atoms with Crippen molar-refractivity contribution >= 4 is 27.9 Å². The maximum atomic E-state index is 12.1. The van der Waals surface area contributed by atoms with E-state index in [1.165, 1.54) is 5.17 Å². The highest BCUT2D eigenvalue weighted by atomic mass is 79.9. The lowest BCUT2D eigenvalue weighted by molar-refractivity contribution is -0.367. The Labute approximate surface area is 149 Å². The average molecular weight is 398 g/mol. The van der Waals surface area contributed by atoms with E-state index < -0.39 is 5.60 Å². The van der Waals surface area contributed by atoms with Crippen molar-refractivity contribution in [3.05, 3.63) is 34.3 Å². The molecule has 2 aliphatic heterocycles. The smallest absolute Gasteiger partial charge is 0.410 e. The van der Waals surface area contributed by atoms with Crippen LogP contribution in [-0.4, -0.2) is 46.8 Å². The number of hydrogen-bond donors (Lipinski definition) is 0. The molecule has 7 nitrogen and oxygen atoms in total. The molecule has 0 radical (unpaired) electrons. The summed E-state index contributed by atoms with van der Waals surface area (Å²) < 4.78 is 6.37. The fraction of sp³-hybridized carbons (Fsp3) is 0.500. The highest BCUT2D eigenvalue weighted by Gasteiger charge is 2.36. The van der Waals surface area contributed by atoms with Crippen LogP contribution in [0.5, 0.6) is 0 Å². The summed E-state index contributed by atoms with van der Waals surface area (Å²) in [7, 11) is 0. The van der Waals surface area contributed by atoms with Gasteiger partial charge in [0.25, 0.3) is 5.90 Å². The second-order valence-corrected chi connectivity index (χ2v) is 7.66. The van der Waals surface area contributed by atoms with E-state index in [0.29, 0.717) is 19.0 Å². The molecule has 0 aromatic heterocycles. The first-order chi connectivity index (χ1) is 11.3. The fourth-order valence-electron chi connectivity index (χ4n) is 2.45. The first-order valence-corrected chi connectivity index (χ1v) is 8.57. The van der Waals surface area contributed by atoms with Gasteiger partial charge in [0.15, 0.2) is 0 Å². The van der Waals surface area contributed by atoms with Crippen LogP contribution in [0.4, 0.5) is 4.79 Å². The van der Waals surface area contributed by atoms with Gasteiger partial charge in [0, 0.05) is 23.1 Å². The molecule has 1 aromatic rings. The summed E-state index contributed by atoms with van der Waals surface area (Å²) in [4.78, 5) is 24.2. The van der Waals surface area contributed by atoms with E-state index in [4.69, 9.17) is 14.6 Å². The molecule has 1 fully saturated rings. The van der Waals surface area contributed by atoms with Crippen molar-refractivity contribution in [2.24, 2.45) is 5.10 Å². The van der Waals surface area contributed by atoms with Crippen LogP contribution in [0.25, 0.3) is 0 Å². The zero-order valence-electron chi connectivity index (χ0n) is 13.9. The molecule has 0 N–H and O–H groups in total. The SMILES string of the molecule is CC(C)(C)OC(=O)N1CCC(N2N=C(c3ccc(Br)cc3)OO2)C1. The van der Waals surface area contributed by atoms with Gasteiger partial charge < -0.3 is 9.64 Å². The summed E-state index contributed by atoms with van der Waals surface area (Å²) in [6.45, 7) is 6.64. The Kier molecular flexibility index (Phi) is 4.69. The van der Waals surface area contributed by atoms with Gasteiger partial charge in [0.2, 0.25) is 0 Å². The second-order valence-electron chi connectivity index (χ2n) is 6.74. The molecule has 130 valence electrons. The molecule has 1 atom stereocenters. The number of hydrogen-bond acceptors (Lipinski definition) is 6. The van der Waals surface area contributed by atoms with Gasteiger partial charge in [0.05, 0.1) is 6.04 Å². The third-order valence-electron chi connectivity index (χ3n) is 3.60. The highest BCUT2D eigenvalue weighted by Crippen LogP contribution is 2.23. The number of amides is 1. The Bertz CT molecular complexity index is 642. The Morgan fingerprint density at radius 1 is 1.33 bits per heavy atom. The van der Waals surface area contributed by atoms with Crippen molar-refractivity contribution in [2.45, 2.75) is 38.8 Å². The van der Waals surface area contributed by atoms with E-state index in [-0.39, 0.29) is 12.1 Å². The molecule has 0 spiro atoms. The minimum Gasteiger partial charge on any atom is -0.444 e. The number of likely N-dealkylation sites (tertiary alicyclic amines) is 1. The molecular weight excluding hydrogens is 378 g/mol. The summed E-state index contributed by atoms with van der Waals surface area (Å²) >= 11 is 3.39. The van der Waals surface area contributed by atoms with Gasteiger partial charge in [-0.25, -0.2) is 4.79 Å². The fourth-order valence-corrected chi connectivity index (χ4v) is 2.72. The quantitative estimate of drug-likeness (QED) is 0.716. The van der Waals surface area contributed by atoms with Crippen molar-refractivity contribution in [2.75, 3.05) is 13.1 Å². The summed E-state index contributed by atoms with van der Waals surface area (Å²) in [5.41, 5.74) is 0.317. The number of nitrogens with zero attached hydrogens (tertiary/aromatic N) is 3. The van der Waals surface area contributed by atoms with Crippen molar-refractivity contribution in [1.82, 2.24) is 10.1 Å². The van der Waals surface area contributed by atoms with Gasteiger partial charge in [-0.2, -0.15) is 0 Å². The lowest BCUT2D eigenvalue weighted by Gasteiger charge is -2.24. The van der Waals surface area contributed by atoms with Gasteiger partial charge in [0.1, 0.15) is 5.60 Å². The Morgan fingerprint density at radius 2 is 2.04 bits per heavy atom. The van der Waals surface area contributed by atoms with Crippen LogP contribution in [0.1, 0.15) is 32.8 Å². The van der Waals surface area contributed by atoms with Crippen LogP contribution in [0.3, 0.4) is 0 Å². The molecule has 1 amide bonds. The van der Waals surface area contributed by atoms with Gasteiger partial charge in [-0.05, 0) is 56.4 Å². The average Bonchev–Trinajstić information content (AvgIpc) is 3.15. The lowest BCUT2D eigenvalue weighted by Crippen LogP contribution is -2.38. The summed E-state index contributed by atoms with van der Waals surface area (Å²) in [6, 6.07) is 7.52. The summed E-state index contributed by atoms with van der Waals surface area (Å²) in [5.74, 6) is 0.401. The number of rotatable bonds is 2. The predicted molar refractivity (Wildman–Crippen MR) is 90.9 cm³/mol. The van der Waals surface area contributed by atoms with Crippen LogP contribution in [0.2, 0.25) is 0 Å². The number of benzene rings is 1. The van der Waals surface area contributed by atoms with E-state index in [0.717, 1.165) is 16.5 Å². The predicted octanol–water partition coefficient (Wildman–Crippen LogP) is 3.30. The first-order valence-electron chi connectivity index (χ1n) is 7.78. The molecule has 3 rings (SSSR count). The van der Waals surface area contributed by atoms with Crippen molar-refractivity contribution in [3.63, 3.8) is 0 Å². The number of hydrazone groups is 1. The third-order valence-corrected chi connectivity index (χ3v) is 4.13.